The third kappa shape index (κ3) is 6.40. The van der Waals surface area contributed by atoms with Crippen LogP contribution in [0.5, 0.6) is 11.5 Å². The van der Waals surface area contributed by atoms with Gasteiger partial charge in [-0.3, -0.25) is 0 Å². The SMILES string of the molecule is CNCCCNCc1cc(Cl)c(OCc2ccc(Cl)cc2)c(OC)c1. The first-order valence-electron chi connectivity index (χ1n) is 8.23. The molecule has 0 heterocycles. The van der Waals surface area contributed by atoms with Crippen molar-refractivity contribution in [2.24, 2.45) is 0 Å². The quantitative estimate of drug-likeness (QED) is 0.601. The van der Waals surface area contributed by atoms with Crippen LogP contribution in [0.25, 0.3) is 0 Å². The fourth-order valence-electron chi connectivity index (χ4n) is 2.37. The summed E-state index contributed by atoms with van der Waals surface area (Å²) in [6, 6.07) is 11.4. The van der Waals surface area contributed by atoms with Crippen molar-refractivity contribution < 1.29 is 9.47 Å². The van der Waals surface area contributed by atoms with E-state index < -0.39 is 0 Å². The smallest absolute Gasteiger partial charge is 0.180 e. The summed E-state index contributed by atoms with van der Waals surface area (Å²) in [6.45, 7) is 3.07. The van der Waals surface area contributed by atoms with Gasteiger partial charge in [0.1, 0.15) is 6.61 Å². The van der Waals surface area contributed by atoms with Gasteiger partial charge in [-0.25, -0.2) is 0 Å². The summed E-state index contributed by atoms with van der Waals surface area (Å²) >= 11 is 12.3. The summed E-state index contributed by atoms with van der Waals surface area (Å²) in [4.78, 5) is 0. The molecule has 0 saturated carbocycles. The molecule has 0 aromatic heterocycles. The Morgan fingerprint density at radius 3 is 2.44 bits per heavy atom. The van der Waals surface area contributed by atoms with Crippen molar-refractivity contribution in [3.63, 3.8) is 0 Å². The topological polar surface area (TPSA) is 42.5 Å². The van der Waals surface area contributed by atoms with Gasteiger partial charge in [-0.2, -0.15) is 0 Å². The van der Waals surface area contributed by atoms with E-state index in [0.717, 1.165) is 37.2 Å². The number of halogens is 2. The molecule has 0 radical (unpaired) electrons. The molecule has 0 aliphatic heterocycles. The minimum absolute atomic E-state index is 0.398. The monoisotopic (exact) mass is 382 g/mol. The Kier molecular flexibility index (Phi) is 8.35. The lowest BCUT2D eigenvalue weighted by atomic mass is 10.2. The Morgan fingerprint density at radius 2 is 1.76 bits per heavy atom. The molecule has 0 aliphatic rings. The molecule has 0 saturated heterocycles. The second-order valence-corrected chi connectivity index (χ2v) is 6.50. The minimum atomic E-state index is 0.398. The number of hydrogen-bond acceptors (Lipinski definition) is 4. The summed E-state index contributed by atoms with van der Waals surface area (Å²) < 4.78 is 11.3. The molecule has 2 aromatic carbocycles. The maximum Gasteiger partial charge on any atom is 0.180 e. The van der Waals surface area contributed by atoms with Crippen molar-refractivity contribution in [1.29, 1.82) is 0 Å². The summed E-state index contributed by atoms with van der Waals surface area (Å²) in [6.07, 6.45) is 1.07. The Balaban J connectivity index is 1.99. The molecule has 2 rings (SSSR count). The molecule has 0 aliphatic carbocycles. The number of benzene rings is 2. The van der Waals surface area contributed by atoms with Crippen molar-refractivity contribution in [3.05, 3.63) is 57.6 Å². The lowest BCUT2D eigenvalue weighted by Crippen LogP contribution is -2.19. The maximum atomic E-state index is 6.40. The van der Waals surface area contributed by atoms with Gasteiger partial charge in [0.25, 0.3) is 0 Å². The fourth-order valence-corrected chi connectivity index (χ4v) is 2.79. The number of methoxy groups -OCH3 is 1. The third-order valence-electron chi connectivity index (χ3n) is 3.70. The van der Waals surface area contributed by atoms with Gasteiger partial charge in [0.15, 0.2) is 11.5 Å². The highest BCUT2D eigenvalue weighted by atomic mass is 35.5. The van der Waals surface area contributed by atoms with Crippen LogP contribution in [-0.4, -0.2) is 27.2 Å². The molecule has 25 heavy (non-hydrogen) atoms. The van der Waals surface area contributed by atoms with Crippen LogP contribution >= 0.6 is 23.2 Å². The molecule has 0 unspecified atom stereocenters. The predicted octanol–water partition coefficient (Wildman–Crippen LogP) is 4.28. The number of ether oxygens (including phenoxy) is 2. The van der Waals surface area contributed by atoms with Gasteiger partial charge >= 0.3 is 0 Å². The zero-order valence-electron chi connectivity index (χ0n) is 14.6. The Morgan fingerprint density at radius 1 is 1.00 bits per heavy atom. The van der Waals surface area contributed by atoms with E-state index in [2.05, 4.69) is 10.6 Å². The van der Waals surface area contributed by atoms with Crippen LogP contribution < -0.4 is 20.1 Å². The zero-order chi connectivity index (χ0) is 18.1. The van der Waals surface area contributed by atoms with Gasteiger partial charge in [0.2, 0.25) is 0 Å². The van der Waals surface area contributed by atoms with Crippen molar-refractivity contribution in [3.8, 4) is 11.5 Å². The van der Waals surface area contributed by atoms with E-state index >= 15 is 0 Å². The standard InChI is InChI=1S/C19H24Cl2N2O2/c1-22-8-3-9-23-12-15-10-17(21)19(18(11-15)24-2)25-13-14-4-6-16(20)7-5-14/h4-7,10-11,22-23H,3,8-9,12-13H2,1-2H3. The Bertz CT molecular complexity index is 663. The van der Waals surface area contributed by atoms with Crippen LogP contribution in [0.1, 0.15) is 17.5 Å². The third-order valence-corrected chi connectivity index (χ3v) is 4.23. The molecular weight excluding hydrogens is 359 g/mol. The van der Waals surface area contributed by atoms with Crippen molar-refractivity contribution in [1.82, 2.24) is 10.6 Å². The van der Waals surface area contributed by atoms with Gasteiger partial charge < -0.3 is 20.1 Å². The van der Waals surface area contributed by atoms with E-state index in [4.69, 9.17) is 32.7 Å². The molecular formula is C19H24Cl2N2O2. The van der Waals surface area contributed by atoms with Crippen LogP contribution in [0.3, 0.4) is 0 Å². The zero-order valence-corrected chi connectivity index (χ0v) is 16.1. The lowest BCUT2D eigenvalue weighted by molar-refractivity contribution is 0.284. The van der Waals surface area contributed by atoms with Crippen LogP contribution in [0.2, 0.25) is 10.0 Å². The average molecular weight is 383 g/mol. The summed E-state index contributed by atoms with van der Waals surface area (Å²) in [5, 5.41) is 7.76. The highest BCUT2D eigenvalue weighted by molar-refractivity contribution is 6.32. The molecule has 136 valence electrons. The number of hydrogen-bond donors (Lipinski definition) is 2. The highest BCUT2D eigenvalue weighted by Gasteiger charge is 2.12. The molecule has 0 fully saturated rings. The first kappa shape index (κ1) is 19.9. The Hall–Kier alpha value is -1.46. The molecule has 6 heteroatoms. The minimum Gasteiger partial charge on any atom is -0.493 e. The van der Waals surface area contributed by atoms with Crippen LogP contribution in [0.15, 0.2) is 36.4 Å². The lowest BCUT2D eigenvalue weighted by Gasteiger charge is -2.15. The largest absolute Gasteiger partial charge is 0.493 e. The van der Waals surface area contributed by atoms with Gasteiger partial charge in [-0.05, 0) is 62.0 Å². The van der Waals surface area contributed by atoms with Crippen LogP contribution in [-0.2, 0) is 13.2 Å². The second kappa shape index (κ2) is 10.5. The summed E-state index contributed by atoms with van der Waals surface area (Å²) in [5.41, 5.74) is 2.07. The van der Waals surface area contributed by atoms with Gasteiger partial charge in [-0.15, -0.1) is 0 Å². The van der Waals surface area contributed by atoms with Gasteiger partial charge in [0.05, 0.1) is 12.1 Å². The Labute approximate surface area is 159 Å². The maximum absolute atomic E-state index is 6.40. The summed E-state index contributed by atoms with van der Waals surface area (Å²) in [5.74, 6) is 1.19. The van der Waals surface area contributed by atoms with E-state index in [9.17, 15) is 0 Å². The normalized spacial score (nSPS) is 10.7. The second-order valence-electron chi connectivity index (χ2n) is 5.66. The molecule has 4 nitrogen and oxygen atoms in total. The van der Waals surface area contributed by atoms with Crippen LogP contribution in [0, 0.1) is 0 Å². The van der Waals surface area contributed by atoms with Gasteiger partial charge in [0, 0.05) is 11.6 Å². The van der Waals surface area contributed by atoms with Crippen molar-refractivity contribution in [2.75, 3.05) is 27.2 Å². The van der Waals surface area contributed by atoms with E-state index in [0.29, 0.717) is 28.2 Å². The molecule has 2 N–H and O–H groups in total. The van der Waals surface area contributed by atoms with E-state index in [1.165, 1.54) is 0 Å². The molecule has 0 bridgehead atoms. The van der Waals surface area contributed by atoms with E-state index in [-0.39, 0.29) is 0 Å². The van der Waals surface area contributed by atoms with E-state index in [1.807, 2.05) is 43.4 Å². The average Bonchev–Trinajstić information content (AvgIpc) is 2.61. The fraction of sp³-hybridized carbons (Fsp3) is 0.368. The van der Waals surface area contributed by atoms with Crippen molar-refractivity contribution >= 4 is 23.2 Å². The molecule has 0 amide bonds. The predicted molar refractivity (Wildman–Crippen MR) is 104 cm³/mol. The highest BCUT2D eigenvalue weighted by Crippen LogP contribution is 2.37. The molecule has 2 aromatic rings. The van der Waals surface area contributed by atoms with Crippen LogP contribution in [0.4, 0.5) is 0 Å². The molecule has 0 spiro atoms. The number of rotatable bonds is 10. The summed E-state index contributed by atoms with van der Waals surface area (Å²) in [7, 11) is 3.57. The van der Waals surface area contributed by atoms with E-state index in [1.54, 1.807) is 7.11 Å². The van der Waals surface area contributed by atoms with Crippen molar-refractivity contribution in [2.45, 2.75) is 19.6 Å². The molecule has 0 atom stereocenters. The number of nitrogens with one attached hydrogen (secondary N) is 2. The first-order valence-corrected chi connectivity index (χ1v) is 8.98. The first-order chi connectivity index (χ1) is 12.1. The van der Waals surface area contributed by atoms with Gasteiger partial charge in [-0.1, -0.05) is 35.3 Å².